The highest BCUT2D eigenvalue weighted by Crippen LogP contribution is 2.57. The average molecular weight is 348 g/mol. The fraction of sp³-hybridized carbons (Fsp3) is 0.625. The maximum absolute atomic E-state index is 11.9. The Hall–Kier alpha value is -1.75. The molecule has 2 nitrogen and oxygen atoms in total. The van der Waals surface area contributed by atoms with Crippen molar-refractivity contribution in [3.63, 3.8) is 0 Å². The minimum absolute atomic E-state index is 0.0361. The Bertz CT molecular complexity index is 745. The van der Waals surface area contributed by atoms with Crippen LogP contribution in [0.3, 0.4) is 0 Å². The lowest BCUT2D eigenvalue weighted by Gasteiger charge is -2.28. The van der Waals surface area contributed by atoms with Crippen LogP contribution >= 0.6 is 0 Å². The smallest absolute Gasteiger partial charge is 0.309 e. The van der Waals surface area contributed by atoms with Crippen molar-refractivity contribution < 1.29 is 9.53 Å². The lowest BCUT2D eigenvalue weighted by Crippen LogP contribution is -2.25. The Labute approximate surface area is 156 Å². The SMILES string of the molecule is CCC1CCC(c2ccc(C#C[C@@H]3[C@@H]4C[C@@H]5[C@H]3OC(=O)[C@@H]5C4)cc2)CC1. The van der Waals surface area contributed by atoms with Gasteiger partial charge in [0.05, 0.1) is 11.8 Å². The van der Waals surface area contributed by atoms with E-state index < -0.39 is 0 Å². The van der Waals surface area contributed by atoms with E-state index in [1.165, 1.54) is 37.7 Å². The molecule has 0 amide bonds. The van der Waals surface area contributed by atoms with Crippen molar-refractivity contribution in [2.75, 3.05) is 0 Å². The third kappa shape index (κ3) is 2.68. The van der Waals surface area contributed by atoms with Gasteiger partial charge in [-0.2, -0.15) is 0 Å². The van der Waals surface area contributed by atoms with E-state index in [1.54, 1.807) is 0 Å². The fourth-order valence-corrected chi connectivity index (χ4v) is 6.06. The number of fused-ring (bicyclic) bond motifs is 1. The molecule has 1 aliphatic heterocycles. The van der Waals surface area contributed by atoms with Crippen LogP contribution in [-0.2, 0) is 9.53 Å². The summed E-state index contributed by atoms with van der Waals surface area (Å²) in [5.74, 6) is 10.0. The number of esters is 1. The number of hydrogen-bond donors (Lipinski definition) is 0. The molecule has 4 aliphatic rings. The Morgan fingerprint density at radius 3 is 2.58 bits per heavy atom. The van der Waals surface area contributed by atoms with E-state index in [9.17, 15) is 4.79 Å². The molecule has 5 rings (SSSR count). The molecule has 3 saturated carbocycles. The van der Waals surface area contributed by atoms with Crippen LogP contribution in [0.15, 0.2) is 24.3 Å². The zero-order valence-electron chi connectivity index (χ0n) is 15.6. The van der Waals surface area contributed by atoms with Crippen LogP contribution in [0.4, 0.5) is 0 Å². The highest BCUT2D eigenvalue weighted by molar-refractivity contribution is 5.76. The summed E-state index contributed by atoms with van der Waals surface area (Å²) in [6.07, 6.45) is 8.99. The average Bonchev–Trinajstić information content (AvgIpc) is 3.31. The van der Waals surface area contributed by atoms with Crippen molar-refractivity contribution >= 4 is 5.97 Å². The molecule has 5 atom stereocenters. The number of carbonyl (C=O) groups is 1. The molecule has 2 heteroatoms. The standard InChI is InChI=1S/C24H28O2/c1-2-15-3-8-17(9-4-15)18-10-5-16(6-11-18)7-12-20-19-13-21-22(14-19)24(25)26-23(20)21/h5-6,10-11,15,17,19-23H,2-4,8-9,13-14H2,1H3/t15?,17?,19-,20-,21+,22-,23+/m1/s1. The molecule has 0 radical (unpaired) electrons. The lowest BCUT2D eigenvalue weighted by atomic mass is 9.78. The monoisotopic (exact) mass is 348 g/mol. The molecule has 1 aromatic carbocycles. The first kappa shape index (κ1) is 16.4. The Kier molecular flexibility index (Phi) is 4.07. The van der Waals surface area contributed by atoms with E-state index in [0.717, 1.165) is 30.2 Å². The van der Waals surface area contributed by atoms with Crippen LogP contribution in [0.2, 0.25) is 0 Å². The summed E-state index contributed by atoms with van der Waals surface area (Å²) >= 11 is 0. The van der Waals surface area contributed by atoms with Gasteiger partial charge in [0.2, 0.25) is 0 Å². The van der Waals surface area contributed by atoms with Gasteiger partial charge >= 0.3 is 5.97 Å². The predicted molar refractivity (Wildman–Crippen MR) is 101 cm³/mol. The minimum Gasteiger partial charge on any atom is -0.460 e. The van der Waals surface area contributed by atoms with E-state index >= 15 is 0 Å². The van der Waals surface area contributed by atoms with Gasteiger partial charge in [-0.25, -0.2) is 0 Å². The van der Waals surface area contributed by atoms with Crippen LogP contribution in [0.1, 0.15) is 68.9 Å². The lowest BCUT2D eigenvalue weighted by molar-refractivity contribution is -0.143. The number of rotatable bonds is 2. The molecule has 2 bridgehead atoms. The number of ether oxygens (including phenoxy) is 1. The Morgan fingerprint density at radius 1 is 1.08 bits per heavy atom. The van der Waals surface area contributed by atoms with Crippen LogP contribution in [0.5, 0.6) is 0 Å². The molecule has 3 aliphatic carbocycles. The Morgan fingerprint density at radius 2 is 1.85 bits per heavy atom. The molecule has 1 heterocycles. The molecule has 0 aromatic heterocycles. The van der Waals surface area contributed by atoms with Gasteiger partial charge in [-0.3, -0.25) is 4.79 Å². The van der Waals surface area contributed by atoms with Gasteiger partial charge in [0.15, 0.2) is 0 Å². The van der Waals surface area contributed by atoms with Crippen LogP contribution in [0.25, 0.3) is 0 Å². The molecule has 1 aromatic rings. The molecule has 0 spiro atoms. The summed E-state index contributed by atoms with van der Waals surface area (Å²) in [4.78, 5) is 11.9. The van der Waals surface area contributed by atoms with Crippen LogP contribution in [0, 0.1) is 41.4 Å². The molecular weight excluding hydrogens is 320 g/mol. The first-order chi connectivity index (χ1) is 12.7. The number of benzene rings is 1. The van der Waals surface area contributed by atoms with Crippen molar-refractivity contribution in [2.45, 2.75) is 63.9 Å². The third-order valence-corrected chi connectivity index (χ3v) is 7.68. The van der Waals surface area contributed by atoms with Crippen LogP contribution in [-0.4, -0.2) is 12.1 Å². The van der Waals surface area contributed by atoms with Crippen molar-refractivity contribution in [1.29, 1.82) is 0 Å². The highest BCUT2D eigenvalue weighted by Gasteiger charge is 2.61. The van der Waals surface area contributed by atoms with Gasteiger partial charge in [0.1, 0.15) is 6.10 Å². The zero-order chi connectivity index (χ0) is 17.7. The fourth-order valence-electron chi connectivity index (χ4n) is 6.06. The van der Waals surface area contributed by atoms with Crippen molar-refractivity contribution in [3.8, 4) is 11.8 Å². The van der Waals surface area contributed by atoms with Crippen molar-refractivity contribution in [2.24, 2.45) is 29.6 Å². The molecule has 0 unspecified atom stereocenters. The van der Waals surface area contributed by atoms with Gasteiger partial charge in [0.25, 0.3) is 0 Å². The van der Waals surface area contributed by atoms with E-state index in [1.807, 2.05) is 0 Å². The van der Waals surface area contributed by atoms with E-state index in [0.29, 0.717) is 11.8 Å². The molecular formula is C24H28O2. The number of hydrogen-bond acceptors (Lipinski definition) is 2. The Balaban J connectivity index is 1.26. The quantitative estimate of drug-likeness (QED) is 0.560. The maximum atomic E-state index is 11.9. The molecule has 0 N–H and O–H groups in total. The van der Waals surface area contributed by atoms with Gasteiger partial charge in [-0.15, -0.1) is 0 Å². The molecule has 4 fully saturated rings. The van der Waals surface area contributed by atoms with Gasteiger partial charge in [-0.1, -0.05) is 37.3 Å². The van der Waals surface area contributed by atoms with E-state index in [-0.39, 0.29) is 23.9 Å². The normalized spacial score (nSPS) is 40.2. The second-order valence-electron chi connectivity index (χ2n) is 8.95. The second-order valence-corrected chi connectivity index (χ2v) is 8.95. The minimum atomic E-state index is 0.0361. The van der Waals surface area contributed by atoms with E-state index in [4.69, 9.17) is 4.74 Å². The molecule has 26 heavy (non-hydrogen) atoms. The molecule has 136 valence electrons. The van der Waals surface area contributed by atoms with Gasteiger partial charge in [0, 0.05) is 11.5 Å². The first-order valence-corrected chi connectivity index (χ1v) is 10.5. The summed E-state index contributed by atoms with van der Waals surface area (Å²) in [7, 11) is 0. The topological polar surface area (TPSA) is 26.3 Å². The maximum Gasteiger partial charge on any atom is 0.309 e. The summed E-state index contributed by atoms with van der Waals surface area (Å²) in [6.45, 7) is 2.32. The third-order valence-electron chi connectivity index (χ3n) is 7.68. The highest BCUT2D eigenvalue weighted by atomic mass is 16.6. The summed E-state index contributed by atoms with van der Waals surface area (Å²) in [5.41, 5.74) is 2.58. The van der Waals surface area contributed by atoms with Crippen molar-refractivity contribution in [3.05, 3.63) is 35.4 Å². The zero-order valence-corrected chi connectivity index (χ0v) is 15.6. The van der Waals surface area contributed by atoms with E-state index in [2.05, 4.69) is 43.0 Å². The second kappa shape index (κ2) is 6.45. The largest absolute Gasteiger partial charge is 0.460 e. The summed E-state index contributed by atoms with van der Waals surface area (Å²) in [6, 6.07) is 8.94. The summed E-state index contributed by atoms with van der Waals surface area (Å²) < 4.78 is 5.62. The van der Waals surface area contributed by atoms with Crippen LogP contribution < -0.4 is 0 Å². The first-order valence-electron chi connectivity index (χ1n) is 10.5. The molecule has 1 saturated heterocycles. The van der Waals surface area contributed by atoms with Crippen molar-refractivity contribution in [1.82, 2.24) is 0 Å². The number of carbonyl (C=O) groups excluding carboxylic acids is 1. The van der Waals surface area contributed by atoms with Gasteiger partial charge in [-0.05, 0) is 74.0 Å². The predicted octanol–water partition coefficient (Wildman–Crippen LogP) is 4.92. The van der Waals surface area contributed by atoms with Gasteiger partial charge < -0.3 is 4.74 Å². The summed E-state index contributed by atoms with van der Waals surface area (Å²) in [5, 5.41) is 0.